The van der Waals surface area contributed by atoms with Crippen LogP contribution < -0.4 is 10.6 Å². The van der Waals surface area contributed by atoms with Crippen LogP contribution in [0.5, 0.6) is 0 Å². The third-order valence-electron chi connectivity index (χ3n) is 3.99. The molecule has 1 aromatic heterocycles. The molecule has 1 heterocycles. The Kier molecular flexibility index (Phi) is 7.01. The first kappa shape index (κ1) is 21.7. The van der Waals surface area contributed by atoms with E-state index in [9.17, 15) is 18.4 Å². The number of thioether (sulfide) groups is 1. The van der Waals surface area contributed by atoms with Crippen LogP contribution in [-0.2, 0) is 18.4 Å². The fourth-order valence-electron chi connectivity index (χ4n) is 2.43. The highest BCUT2D eigenvalue weighted by molar-refractivity contribution is 7.99. The van der Waals surface area contributed by atoms with E-state index in [1.807, 2.05) is 0 Å². The van der Waals surface area contributed by atoms with Crippen LogP contribution in [0.3, 0.4) is 0 Å². The van der Waals surface area contributed by atoms with Crippen molar-refractivity contribution in [2.75, 3.05) is 11.1 Å². The van der Waals surface area contributed by atoms with Gasteiger partial charge >= 0.3 is 0 Å². The molecule has 3 aromatic rings. The molecule has 0 saturated heterocycles. The SMILES string of the molecule is Cn1c(CNC(=O)c2ccccc2F)nnc1SCC(=O)Nc1ccc(Cl)cc1F. The number of anilines is 1. The van der Waals surface area contributed by atoms with Crippen molar-refractivity contribution in [2.45, 2.75) is 11.7 Å². The van der Waals surface area contributed by atoms with E-state index >= 15 is 0 Å². The van der Waals surface area contributed by atoms with Gasteiger partial charge in [0.05, 0.1) is 23.5 Å². The topological polar surface area (TPSA) is 88.9 Å². The predicted molar refractivity (Wildman–Crippen MR) is 109 cm³/mol. The maximum atomic E-state index is 13.7. The van der Waals surface area contributed by atoms with Gasteiger partial charge in [-0.25, -0.2) is 8.78 Å². The summed E-state index contributed by atoms with van der Waals surface area (Å²) in [5.41, 5.74) is -0.0418. The number of nitrogens with one attached hydrogen (secondary N) is 2. The average Bonchev–Trinajstić information content (AvgIpc) is 3.06. The summed E-state index contributed by atoms with van der Waals surface area (Å²) in [5.74, 6) is -1.87. The molecule has 156 valence electrons. The molecule has 11 heteroatoms. The minimum Gasteiger partial charge on any atom is -0.345 e. The number of hydrogen-bond acceptors (Lipinski definition) is 5. The van der Waals surface area contributed by atoms with Crippen molar-refractivity contribution in [3.05, 3.63) is 70.5 Å². The number of aromatic nitrogens is 3. The quantitative estimate of drug-likeness (QED) is 0.537. The highest BCUT2D eigenvalue weighted by Gasteiger charge is 2.15. The fraction of sp³-hybridized carbons (Fsp3) is 0.158. The second-order valence-corrected chi connectivity index (χ2v) is 7.46. The Morgan fingerprint density at radius 2 is 1.90 bits per heavy atom. The normalized spacial score (nSPS) is 10.7. The minimum atomic E-state index is -0.632. The number of nitrogens with zero attached hydrogens (tertiary/aromatic N) is 3. The smallest absolute Gasteiger partial charge is 0.254 e. The summed E-state index contributed by atoms with van der Waals surface area (Å²) in [6.07, 6.45) is 0. The number of benzene rings is 2. The molecule has 0 bridgehead atoms. The van der Waals surface area contributed by atoms with Gasteiger partial charge in [0.1, 0.15) is 11.6 Å². The Labute approximate surface area is 179 Å². The van der Waals surface area contributed by atoms with Gasteiger partial charge in [-0.15, -0.1) is 10.2 Å². The molecule has 0 fully saturated rings. The zero-order chi connectivity index (χ0) is 21.7. The van der Waals surface area contributed by atoms with Crippen LogP contribution in [0.4, 0.5) is 14.5 Å². The fourth-order valence-corrected chi connectivity index (χ4v) is 3.32. The summed E-state index contributed by atoms with van der Waals surface area (Å²) >= 11 is 6.78. The van der Waals surface area contributed by atoms with Gasteiger partial charge in [0.15, 0.2) is 11.0 Å². The van der Waals surface area contributed by atoms with E-state index in [2.05, 4.69) is 20.8 Å². The first-order valence-electron chi connectivity index (χ1n) is 8.64. The summed E-state index contributed by atoms with van der Waals surface area (Å²) < 4.78 is 29.0. The molecular formula is C19H16ClF2N5O2S. The van der Waals surface area contributed by atoms with Crippen molar-refractivity contribution in [2.24, 2.45) is 7.05 Å². The number of amides is 2. The van der Waals surface area contributed by atoms with E-state index in [0.29, 0.717) is 11.0 Å². The summed E-state index contributed by atoms with van der Waals surface area (Å²) in [5, 5.41) is 13.6. The molecule has 0 aliphatic heterocycles. The van der Waals surface area contributed by atoms with Gasteiger partial charge in [0.25, 0.3) is 5.91 Å². The lowest BCUT2D eigenvalue weighted by molar-refractivity contribution is -0.113. The van der Waals surface area contributed by atoms with Gasteiger partial charge in [-0.05, 0) is 30.3 Å². The van der Waals surface area contributed by atoms with Crippen molar-refractivity contribution in [1.82, 2.24) is 20.1 Å². The molecule has 0 radical (unpaired) electrons. The van der Waals surface area contributed by atoms with Gasteiger partial charge in [0.2, 0.25) is 5.91 Å². The maximum absolute atomic E-state index is 13.7. The van der Waals surface area contributed by atoms with E-state index in [1.54, 1.807) is 17.7 Å². The minimum absolute atomic E-state index is 0.0272. The summed E-state index contributed by atoms with van der Waals surface area (Å²) in [6, 6.07) is 9.59. The molecule has 7 nitrogen and oxygen atoms in total. The Morgan fingerprint density at radius 3 is 2.63 bits per heavy atom. The molecule has 0 aliphatic rings. The molecule has 2 N–H and O–H groups in total. The molecule has 3 rings (SSSR count). The zero-order valence-corrected chi connectivity index (χ0v) is 17.2. The van der Waals surface area contributed by atoms with E-state index in [4.69, 9.17) is 11.6 Å². The molecule has 30 heavy (non-hydrogen) atoms. The summed E-state index contributed by atoms with van der Waals surface area (Å²) in [6.45, 7) is 0.0272. The Bertz CT molecular complexity index is 1090. The molecule has 2 amide bonds. The largest absolute Gasteiger partial charge is 0.345 e. The maximum Gasteiger partial charge on any atom is 0.254 e. The highest BCUT2D eigenvalue weighted by Crippen LogP contribution is 2.20. The lowest BCUT2D eigenvalue weighted by atomic mass is 10.2. The molecule has 0 spiro atoms. The van der Waals surface area contributed by atoms with Gasteiger partial charge in [-0.2, -0.15) is 0 Å². The summed E-state index contributed by atoms with van der Waals surface area (Å²) in [7, 11) is 1.67. The number of carbonyl (C=O) groups excluding carboxylic acids is 2. The lowest BCUT2D eigenvalue weighted by Crippen LogP contribution is -2.25. The number of carbonyl (C=O) groups is 2. The van der Waals surface area contributed by atoms with Crippen LogP contribution in [0.25, 0.3) is 0 Å². The number of halogens is 3. The standard InChI is InChI=1S/C19H16ClF2N5O2S/c1-27-16(9-23-18(29)12-4-2-3-5-13(12)21)25-26-19(27)30-10-17(28)24-15-7-6-11(20)8-14(15)22/h2-8H,9-10H2,1H3,(H,23,29)(H,24,28). The third kappa shape index (κ3) is 5.33. The highest BCUT2D eigenvalue weighted by atomic mass is 35.5. The molecule has 0 unspecified atom stereocenters. The molecule has 0 saturated carbocycles. The first-order valence-corrected chi connectivity index (χ1v) is 10.00. The van der Waals surface area contributed by atoms with Crippen molar-refractivity contribution in [3.63, 3.8) is 0 Å². The van der Waals surface area contributed by atoms with Gasteiger partial charge in [-0.3, -0.25) is 9.59 Å². The zero-order valence-electron chi connectivity index (χ0n) is 15.7. The van der Waals surface area contributed by atoms with Crippen molar-refractivity contribution < 1.29 is 18.4 Å². The first-order chi connectivity index (χ1) is 14.3. The Morgan fingerprint density at radius 1 is 1.13 bits per heavy atom. The molecular weight excluding hydrogens is 436 g/mol. The van der Waals surface area contributed by atoms with Gasteiger partial charge in [0, 0.05) is 12.1 Å². The van der Waals surface area contributed by atoms with Crippen molar-refractivity contribution in [1.29, 1.82) is 0 Å². The molecule has 0 atom stereocenters. The molecule has 0 aliphatic carbocycles. The second-order valence-electron chi connectivity index (χ2n) is 6.08. The predicted octanol–water partition coefficient (Wildman–Crippen LogP) is 3.41. The van der Waals surface area contributed by atoms with Crippen molar-refractivity contribution in [3.8, 4) is 0 Å². The van der Waals surface area contributed by atoms with Gasteiger partial charge < -0.3 is 15.2 Å². The number of hydrogen-bond donors (Lipinski definition) is 2. The Balaban J connectivity index is 1.54. The van der Waals surface area contributed by atoms with E-state index < -0.39 is 23.4 Å². The van der Waals surface area contributed by atoms with E-state index in [1.165, 1.54) is 30.3 Å². The van der Waals surface area contributed by atoms with E-state index in [-0.39, 0.29) is 28.6 Å². The van der Waals surface area contributed by atoms with Crippen molar-refractivity contribution >= 4 is 40.9 Å². The monoisotopic (exact) mass is 451 g/mol. The van der Waals surface area contributed by atoms with Crippen LogP contribution in [0.1, 0.15) is 16.2 Å². The second kappa shape index (κ2) is 9.68. The third-order valence-corrected chi connectivity index (χ3v) is 5.24. The number of rotatable bonds is 7. The van der Waals surface area contributed by atoms with Crippen LogP contribution in [0.15, 0.2) is 47.6 Å². The lowest BCUT2D eigenvalue weighted by Gasteiger charge is -2.07. The van der Waals surface area contributed by atoms with Crippen LogP contribution >= 0.6 is 23.4 Å². The average molecular weight is 452 g/mol. The van der Waals surface area contributed by atoms with Crippen LogP contribution in [-0.4, -0.2) is 32.3 Å². The molecule has 2 aromatic carbocycles. The van der Waals surface area contributed by atoms with E-state index in [0.717, 1.165) is 17.8 Å². The van der Waals surface area contributed by atoms with Crippen LogP contribution in [0.2, 0.25) is 5.02 Å². The Hall–Kier alpha value is -2.98. The van der Waals surface area contributed by atoms with Gasteiger partial charge in [-0.1, -0.05) is 35.5 Å². The summed E-state index contributed by atoms with van der Waals surface area (Å²) in [4.78, 5) is 24.2. The van der Waals surface area contributed by atoms with Crippen LogP contribution in [0, 0.1) is 11.6 Å².